The Hall–Kier alpha value is -4.31. The van der Waals surface area contributed by atoms with Crippen LogP contribution in [0.2, 0.25) is 5.02 Å². The molecule has 1 saturated heterocycles. The highest BCUT2D eigenvalue weighted by Crippen LogP contribution is 2.35. The number of hydrogen-bond donors (Lipinski definition) is 4. The summed E-state index contributed by atoms with van der Waals surface area (Å²) in [7, 11) is 0. The summed E-state index contributed by atoms with van der Waals surface area (Å²) in [5.74, 6) is 0.110. The smallest absolute Gasteiger partial charge is 0.251 e. The molecule has 2 aliphatic rings. The predicted molar refractivity (Wildman–Crippen MR) is 160 cm³/mol. The van der Waals surface area contributed by atoms with Gasteiger partial charge in [0, 0.05) is 66.3 Å². The molecule has 1 fully saturated rings. The van der Waals surface area contributed by atoms with Gasteiger partial charge in [0.25, 0.3) is 5.91 Å². The van der Waals surface area contributed by atoms with Gasteiger partial charge in [0.15, 0.2) is 0 Å². The first kappa shape index (κ1) is 26.9. The summed E-state index contributed by atoms with van der Waals surface area (Å²) in [5.41, 5.74) is 5.18. The summed E-state index contributed by atoms with van der Waals surface area (Å²) < 4.78 is 0. The molecule has 1 aromatic heterocycles. The molecule has 2 aliphatic heterocycles. The second-order valence-electron chi connectivity index (χ2n) is 10.2. The minimum absolute atomic E-state index is 0.119. The number of anilines is 3. The lowest BCUT2D eigenvalue weighted by atomic mass is 10.0. The fraction of sp³-hybridized carbons (Fsp3) is 0.226. The zero-order chi connectivity index (χ0) is 28.2. The minimum atomic E-state index is -0.145. The van der Waals surface area contributed by atoms with Crippen LogP contribution in [-0.4, -0.2) is 59.4 Å². The van der Waals surface area contributed by atoms with Crippen molar-refractivity contribution in [3.63, 3.8) is 0 Å². The Kier molecular flexibility index (Phi) is 7.91. The molecule has 0 radical (unpaired) electrons. The van der Waals surface area contributed by atoms with Gasteiger partial charge in [0.2, 0.25) is 11.9 Å². The Morgan fingerprint density at radius 2 is 1.80 bits per heavy atom. The van der Waals surface area contributed by atoms with Crippen LogP contribution in [0.5, 0.6) is 0 Å². The molecule has 9 nitrogen and oxygen atoms in total. The monoisotopic (exact) mass is 567 g/mol. The average Bonchev–Trinajstić information content (AvgIpc) is 3.12. The number of piperazine rings is 1. The van der Waals surface area contributed by atoms with Crippen molar-refractivity contribution in [3.8, 4) is 11.3 Å². The molecule has 2 amide bonds. The van der Waals surface area contributed by atoms with Crippen molar-refractivity contribution in [1.82, 2.24) is 25.5 Å². The molecular formula is C31H30ClN7O2. The van der Waals surface area contributed by atoms with Crippen LogP contribution in [0.25, 0.3) is 11.3 Å². The lowest BCUT2D eigenvalue weighted by molar-refractivity contribution is -0.115. The van der Waals surface area contributed by atoms with Gasteiger partial charge in [-0.1, -0.05) is 41.9 Å². The predicted octanol–water partition coefficient (Wildman–Crippen LogP) is 4.41. The number of benzene rings is 3. The van der Waals surface area contributed by atoms with Gasteiger partial charge < -0.3 is 21.3 Å². The summed E-state index contributed by atoms with van der Waals surface area (Å²) in [6, 6.07) is 22.5. The second-order valence-corrected chi connectivity index (χ2v) is 10.6. The van der Waals surface area contributed by atoms with Gasteiger partial charge >= 0.3 is 0 Å². The summed E-state index contributed by atoms with van der Waals surface area (Å²) in [5, 5.41) is 13.2. The lowest BCUT2D eigenvalue weighted by Gasteiger charge is -2.31. The first-order valence-corrected chi connectivity index (χ1v) is 14.0. The fourth-order valence-corrected chi connectivity index (χ4v) is 5.34. The van der Waals surface area contributed by atoms with Gasteiger partial charge in [0.1, 0.15) is 0 Å². The Balaban J connectivity index is 1.17. The largest absolute Gasteiger partial charge is 0.344 e. The number of hydrogen-bond acceptors (Lipinski definition) is 7. The number of halogens is 1. The highest BCUT2D eigenvalue weighted by atomic mass is 35.5. The Morgan fingerprint density at radius 3 is 2.59 bits per heavy atom. The van der Waals surface area contributed by atoms with Gasteiger partial charge in [-0.05, 0) is 48.0 Å². The van der Waals surface area contributed by atoms with E-state index in [1.807, 2.05) is 36.4 Å². The molecule has 1 unspecified atom stereocenters. The maximum absolute atomic E-state index is 13.3. The number of nitrogens with one attached hydrogen (secondary N) is 4. The molecule has 6 rings (SSSR count). The van der Waals surface area contributed by atoms with Crippen molar-refractivity contribution >= 4 is 40.7 Å². The molecule has 10 heteroatoms. The highest BCUT2D eigenvalue weighted by Gasteiger charge is 2.22. The van der Waals surface area contributed by atoms with Gasteiger partial charge in [0.05, 0.1) is 23.8 Å². The van der Waals surface area contributed by atoms with E-state index in [2.05, 4.69) is 43.3 Å². The Bertz CT molecular complexity index is 1560. The van der Waals surface area contributed by atoms with E-state index >= 15 is 0 Å². The average molecular weight is 568 g/mol. The van der Waals surface area contributed by atoms with Crippen molar-refractivity contribution in [3.05, 3.63) is 101 Å². The fourth-order valence-electron chi connectivity index (χ4n) is 5.17. The Morgan fingerprint density at radius 1 is 1.02 bits per heavy atom. The number of nitrogens with zero attached hydrogens (tertiary/aromatic N) is 3. The number of fused-ring (bicyclic) bond motifs is 3. The van der Waals surface area contributed by atoms with E-state index in [-0.39, 0.29) is 24.3 Å². The standard InChI is InChI=1S/C31H30ClN7O2/c32-23-8-11-25-26(17-23)36-28(40)16-22-18-34-31(38-29(22)25)35-24-9-6-21(7-10-24)30(41)37-27(20-4-2-1-3-5-20)19-39-14-12-33-13-15-39/h1-11,17-18,27,33H,12-16,19H2,(H,36,40)(H,37,41)(H,34,35,38). The topological polar surface area (TPSA) is 111 Å². The molecule has 0 aliphatic carbocycles. The van der Waals surface area contributed by atoms with E-state index in [1.165, 1.54) is 0 Å². The number of amides is 2. The van der Waals surface area contributed by atoms with Crippen molar-refractivity contribution in [2.45, 2.75) is 12.5 Å². The normalized spacial score (nSPS) is 15.6. The molecule has 0 spiro atoms. The summed E-state index contributed by atoms with van der Waals surface area (Å²) in [6.45, 7) is 4.57. The zero-order valence-electron chi connectivity index (χ0n) is 22.4. The number of carbonyl (C=O) groups is 2. The van der Waals surface area contributed by atoms with Crippen LogP contribution in [-0.2, 0) is 11.2 Å². The van der Waals surface area contributed by atoms with Crippen LogP contribution in [0, 0.1) is 0 Å². The van der Waals surface area contributed by atoms with Crippen LogP contribution < -0.4 is 21.3 Å². The molecule has 208 valence electrons. The molecule has 1 atom stereocenters. The molecule has 4 N–H and O–H groups in total. The van der Waals surface area contributed by atoms with Crippen LogP contribution in [0.15, 0.2) is 79.0 Å². The maximum Gasteiger partial charge on any atom is 0.251 e. The summed E-state index contributed by atoms with van der Waals surface area (Å²) >= 11 is 6.15. The van der Waals surface area contributed by atoms with E-state index in [9.17, 15) is 9.59 Å². The molecule has 0 bridgehead atoms. The quantitative estimate of drug-likeness (QED) is 0.262. The number of carbonyl (C=O) groups excluding carboxylic acids is 2. The SMILES string of the molecule is O=C1Cc2cnc(Nc3ccc(C(=O)NC(CN4CCNCC4)c4ccccc4)cc3)nc2-c2ccc(Cl)cc2N1. The zero-order valence-corrected chi connectivity index (χ0v) is 23.1. The molecule has 3 heterocycles. The van der Waals surface area contributed by atoms with E-state index in [1.54, 1.807) is 30.5 Å². The van der Waals surface area contributed by atoms with E-state index in [0.717, 1.165) is 55.1 Å². The van der Waals surface area contributed by atoms with Gasteiger partial charge in [-0.25, -0.2) is 9.97 Å². The first-order chi connectivity index (χ1) is 20.0. The van der Waals surface area contributed by atoms with E-state index in [0.29, 0.717) is 27.9 Å². The van der Waals surface area contributed by atoms with Crippen LogP contribution in [0.4, 0.5) is 17.3 Å². The number of aromatic nitrogens is 2. The van der Waals surface area contributed by atoms with E-state index < -0.39 is 0 Å². The van der Waals surface area contributed by atoms with Crippen molar-refractivity contribution in [2.75, 3.05) is 43.4 Å². The van der Waals surface area contributed by atoms with Crippen LogP contribution in [0.3, 0.4) is 0 Å². The second kappa shape index (κ2) is 12.1. The maximum atomic E-state index is 13.3. The van der Waals surface area contributed by atoms with Crippen molar-refractivity contribution < 1.29 is 9.59 Å². The molecular weight excluding hydrogens is 538 g/mol. The Labute approximate surface area is 243 Å². The molecule has 41 heavy (non-hydrogen) atoms. The number of rotatable bonds is 7. The van der Waals surface area contributed by atoms with Gasteiger partial charge in [-0.15, -0.1) is 0 Å². The third-order valence-corrected chi connectivity index (χ3v) is 7.52. The summed E-state index contributed by atoms with van der Waals surface area (Å²) in [6.07, 6.45) is 1.84. The first-order valence-electron chi connectivity index (χ1n) is 13.6. The van der Waals surface area contributed by atoms with Gasteiger partial charge in [-0.2, -0.15) is 0 Å². The van der Waals surface area contributed by atoms with E-state index in [4.69, 9.17) is 16.6 Å². The van der Waals surface area contributed by atoms with Crippen molar-refractivity contribution in [1.29, 1.82) is 0 Å². The van der Waals surface area contributed by atoms with Crippen molar-refractivity contribution in [2.24, 2.45) is 0 Å². The third-order valence-electron chi connectivity index (χ3n) is 7.29. The molecule has 0 saturated carbocycles. The van der Waals surface area contributed by atoms with Gasteiger partial charge in [-0.3, -0.25) is 14.5 Å². The van der Waals surface area contributed by atoms with Crippen LogP contribution in [0.1, 0.15) is 27.5 Å². The minimum Gasteiger partial charge on any atom is -0.344 e. The molecule has 4 aromatic rings. The lowest BCUT2D eigenvalue weighted by Crippen LogP contribution is -2.47. The third kappa shape index (κ3) is 6.38. The van der Waals surface area contributed by atoms with Crippen LogP contribution >= 0.6 is 11.6 Å². The summed E-state index contributed by atoms with van der Waals surface area (Å²) in [4.78, 5) is 37.2. The molecule has 3 aromatic carbocycles. The highest BCUT2D eigenvalue weighted by molar-refractivity contribution is 6.31.